The second-order valence-electron chi connectivity index (χ2n) is 7.57. The van der Waals surface area contributed by atoms with E-state index >= 15 is 0 Å². The third-order valence-corrected chi connectivity index (χ3v) is 5.17. The van der Waals surface area contributed by atoms with Gasteiger partial charge in [0, 0.05) is 31.5 Å². The number of amides is 1. The van der Waals surface area contributed by atoms with Crippen LogP contribution in [0.25, 0.3) is 16.7 Å². The Labute approximate surface area is 197 Å². The third kappa shape index (κ3) is 5.90. The van der Waals surface area contributed by atoms with E-state index in [1.807, 2.05) is 34.9 Å². The van der Waals surface area contributed by atoms with Crippen molar-refractivity contribution in [3.8, 4) is 17.2 Å². The molecule has 1 heterocycles. The molecule has 0 spiro atoms. The minimum absolute atomic E-state index is 0.127. The number of carbonyl (C=O) groups excluding carboxylic acids is 1. The van der Waals surface area contributed by atoms with Crippen molar-refractivity contribution < 1.29 is 23.4 Å². The van der Waals surface area contributed by atoms with Crippen LogP contribution < -0.4 is 14.8 Å². The third-order valence-electron chi connectivity index (χ3n) is 5.17. The molecule has 3 aromatic carbocycles. The molecule has 0 atom stereocenters. The van der Waals surface area contributed by atoms with Gasteiger partial charge in [-0.2, -0.15) is 0 Å². The summed E-state index contributed by atoms with van der Waals surface area (Å²) >= 11 is 0. The topological polar surface area (TPSA) is 74.6 Å². The van der Waals surface area contributed by atoms with Crippen LogP contribution >= 0.6 is 0 Å². The van der Waals surface area contributed by atoms with Crippen LogP contribution in [0.15, 0.2) is 73.1 Å². The van der Waals surface area contributed by atoms with Gasteiger partial charge in [-0.1, -0.05) is 0 Å². The average molecular weight is 464 g/mol. The molecule has 0 bridgehead atoms. The zero-order chi connectivity index (χ0) is 23.8. The number of hydrogen-bond acceptors (Lipinski definition) is 5. The van der Waals surface area contributed by atoms with Gasteiger partial charge in [-0.25, -0.2) is 9.37 Å². The van der Waals surface area contributed by atoms with Gasteiger partial charge < -0.3 is 19.5 Å². The highest BCUT2D eigenvalue weighted by molar-refractivity contribution is 5.97. The average Bonchev–Trinajstić information content (AvgIpc) is 3.29. The van der Waals surface area contributed by atoms with Crippen LogP contribution in [0.1, 0.15) is 16.8 Å². The van der Waals surface area contributed by atoms with Crippen molar-refractivity contribution in [3.63, 3.8) is 0 Å². The summed E-state index contributed by atoms with van der Waals surface area (Å²) in [5.74, 6) is 0.883. The summed E-state index contributed by atoms with van der Waals surface area (Å²) in [5.41, 5.74) is 3.14. The molecule has 0 saturated carbocycles. The lowest BCUT2D eigenvalue weighted by atomic mass is 10.2. The number of halogens is 1. The molecule has 0 aliphatic heterocycles. The standard InChI is InChI=1S/C26H26FN3O4/c1-32-14-2-13-28-26(31)19-3-12-25-24(17-19)29-18-30(25)21-6-10-23(11-7-21)34-16-15-33-22-8-4-20(27)5-9-22/h3-12,17-18H,2,13-16H2,1H3,(H,28,31). The Balaban J connectivity index is 1.33. The lowest BCUT2D eigenvalue weighted by Gasteiger charge is -2.10. The monoisotopic (exact) mass is 463 g/mol. The Morgan fingerprint density at radius 1 is 0.941 bits per heavy atom. The number of hydrogen-bond donors (Lipinski definition) is 1. The van der Waals surface area contributed by atoms with Crippen LogP contribution in [0, 0.1) is 5.82 Å². The number of nitrogens with zero attached hydrogens (tertiary/aromatic N) is 2. The van der Waals surface area contributed by atoms with E-state index in [9.17, 15) is 9.18 Å². The summed E-state index contributed by atoms with van der Waals surface area (Å²) in [6.45, 7) is 1.88. The van der Waals surface area contributed by atoms with Crippen LogP contribution in [-0.4, -0.2) is 48.9 Å². The molecule has 0 aliphatic rings. The van der Waals surface area contributed by atoms with Gasteiger partial charge in [-0.3, -0.25) is 9.36 Å². The first-order valence-corrected chi connectivity index (χ1v) is 11.0. The molecule has 1 N–H and O–H groups in total. The molecule has 1 aromatic heterocycles. The number of imidazole rings is 1. The fourth-order valence-corrected chi connectivity index (χ4v) is 3.43. The number of benzene rings is 3. The van der Waals surface area contributed by atoms with E-state index in [1.54, 1.807) is 37.7 Å². The molecular formula is C26H26FN3O4. The fraction of sp³-hybridized carbons (Fsp3) is 0.231. The van der Waals surface area contributed by atoms with Crippen molar-refractivity contribution in [1.29, 1.82) is 0 Å². The molecule has 4 rings (SSSR count). The zero-order valence-electron chi connectivity index (χ0n) is 18.9. The molecule has 0 aliphatic carbocycles. The summed E-state index contributed by atoms with van der Waals surface area (Å²) in [5, 5.41) is 2.88. The van der Waals surface area contributed by atoms with Gasteiger partial charge in [0.2, 0.25) is 0 Å². The number of nitrogens with one attached hydrogen (secondary N) is 1. The lowest BCUT2D eigenvalue weighted by molar-refractivity contribution is 0.0948. The molecule has 34 heavy (non-hydrogen) atoms. The van der Waals surface area contributed by atoms with E-state index in [2.05, 4.69) is 10.3 Å². The molecule has 0 fully saturated rings. The first kappa shape index (κ1) is 23.3. The van der Waals surface area contributed by atoms with Gasteiger partial charge in [0.25, 0.3) is 5.91 Å². The van der Waals surface area contributed by atoms with Gasteiger partial charge in [0.15, 0.2) is 0 Å². The predicted octanol–water partition coefficient (Wildman–Crippen LogP) is 4.39. The van der Waals surface area contributed by atoms with Gasteiger partial charge in [-0.05, 0) is 73.2 Å². The Morgan fingerprint density at radius 2 is 1.62 bits per heavy atom. The first-order valence-electron chi connectivity index (χ1n) is 11.0. The summed E-state index contributed by atoms with van der Waals surface area (Å²) in [4.78, 5) is 16.8. The SMILES string of the molecule is COCCCNC(=O)c1ccc2c(c1)ncn2-c1ccc(OCCOc2ccc(F)cc2)cc1. The molecule has 176 valence electrons. The summed E-state index contributed by atoms with van der Waals surface area (Å²) in [7, 11) is 1.64. The van der Waals surface area contributed by atoms with E-state index in [0.29, 0.717) is 43.4 Å². The highest BCUT2D eigenvalue weighted by atomic mass is 19.1. The minimum atomic E-state index is -0.297. The first-order chi connectivity index (χ1) is 16.6. The van der Waals surface area contributed by atoms with Crippen LogP contribution in [0.5, 0.6) is 11.5 Å². The maximum Gasteiger partial charge on any atom is 0.251 e. The molecule has 7 nitrogen and oxygen atoms in total. The fourth-order valence-electron chi connectivity index (χ4n) is 3.43. The largest absolute Gasteiger partial charge is 0.490 e. The van der Waals surface area contributed by atoms with E-state index in [1.165, 1.54) is 12.1 Å². The molecular weight excluding hydrogens is 437 g/mol. The van der Waals surface area contributed by atoms with Gasteiger partial charge in [0.1, 0.15) is 36.9 Å². The Hall–Kier alpha value is -3.91. The van der Waals surface area contributed by atoms with Gasteiger partial charge in [-0.15, -0.1) is 0 Å². The number of fused-ring (bicyclic) bond motifs is 1. The zero-order valence-corrected chi connectivity index (χ0v) is 18.9. The molecule has 0 saturated heterocycles. The second-order valence-corrected chi connectivity index (χ2v) is 7.57. The quantitative estimate of drug-likeness (QED) is 0.334. The molecule has 1 amide bonds. The molecule has 4 aromatic rings. The Kier molecular flexibility index (Phi) is 7.72. The lowest BCUT2D eigenvalue weighted by Crippen LogP contribution is -2.25. The Morgan fingerprint density at radius 3 is 2.29 bits per heavy atom. The van der Waals surface area contributed by atoms with Crippen LogP contribution in [0.2, 0.25) is 0 Å². The maximum absolute atomic E-state index is 12.9. The smallest absolute Gasteiger partial charge is 0.251 e. The normalized spacial score (nSPS) is 10.9. The predicted molar refractivity (Wildman–Crippen MR) is 127 cm³/mol. The Bertz CT molecular complexity index is 1220. The molecule has 0 radical (unpaired) electrons. The summed E-state index contributed by atoms with van der Waals surface area (Å²) in [6, 6.07) is 19.0. The van der Waals surface area contributed by atoms with Gasteiger partial charge >= 0.3 is 0 Å². The molecule has 0 unspecified atom stereocenters. The number of ether oxygens (including phenoxy) is 3. The highest BCUT2D eigenvalue weighted by Gasteiger charge is 2.10. The van der Waals surface area contributed by atoms with Crippen molar-refractivity contribution in [2.75, 3.05) is 33.5 Å². The van der Waals surface area contributed by atoms with Gasteiger partial charge in [0.05, 0.1) is 11.0 Å². The van der Waals surface area contributed by atoms with Crippen molar-refractivity contribution in [2.24, 2.45) is 0 Å². The van der Waals surface area contributed by atoms with E-state index in [-0.39, 0.29) is 11.7 Å². The number of methoxy groups -OCH3 is 1. The van der Waals surface area contributed by atoms with E-state index in [0.717, 1.165) is 23.1 Å². The minimum Gasteiger partial charge on any atom is -0.490 e. The van der Waals surface area contributed by atoms with Crippen molar-refractivity contribution in [3.05, 3.63) is 84.4 Å². The number of rotatable bonds is 11. The molecule has 8 heteroatoms. The number of aromatic nitrogens is 2. The maximum atomic E-state index is 12.9. The van der Waals surface area contributed by atoms with Crippen molar-refractivity contribution in [1.82, 2.24) is 14.9 Å². The second kappa shape index (κ2) is 11.3. The van der Waals surface area contributed by atoms with E-state index in [4.69, 9.17) is 14.2 Å². The van der Waals surface area contributed by atoms with Crippen molar-refractivity contribution >= 4 is 16.9 Å². The van der Waals surface area contributed by atoms with Crippen molar-refractivity contribution in [2.45, 2.75) is 6.42 Å². The highest BCUT2D eigenvalue weighted by Crippen LogP contribution is 2.22. The summed E-state index contributed by atoms with van der Waals surface area (Å²) < 4.78 is 31.1. The van der Waals surface area contributed by atoms with Crippen LogP contribution in [-0.2, 0) is 4.74 Å². The number of carbonyl (C=O) groups is 1. The van der Waals surface area contributed by atoms with Crippen LogP contribution in [0.4, 0.5) is 4.39 Å². The van der Waals surface area contributed by atoms with Crippen LogP contribution in [0.3, 0.4) is 0 Å². The van der Waals surface area contributed by atoms with E-state index < -0.39 is 0 Å². The summed E-state index contributed by atoms with van der Waals surface area (Å²) in [6.07, 6.45) is 2.50.